The first kappa shape index (κ1) is 11.4. The van der Waals surface area contributed by atoms with Crippen molar-refractivity contribution in [3.05, 3.63) is 45.9 Å². The standard InChI is InChI=1S/C13H18N2S/c1-3-12-4-5-13(16-12)10-15-7-6-11(9-15)8-14-2/h4-7,9,14H,3,8,10H2,1-2H3. The minimum Gasteiger partial charge on any atom is -0.349 e. The van der Waals surface area contributed by atoms with E-state index in [9.17, 15) is 0 Å². The molecule has 86 valence electrons. The average Bonchev–Trinajstić information content (AvgIpc) is 2.89. The maximum absolute atomic E-state index is 3.16. The molecule has 0 fully saturated rings. The minimum absolute atomic E-state index is 0.942. The third-order valence-corrected chi connectivity index (χ3v) is 3.81. The van der Waals surface area contributed by atoms with Gasteiger partial charge in [0.15, 0.2) is 0 Å². The third kappa shape index (κ3) is 2.74. The minimum atomic E-state index is 0.942. The van der Waals surface area contributed by atoms with E-state index < -0.39 is 0 Å². The third-order valence-electron chi connectivity index (χ3n) is 2.60. The van der Waals surface area contributed by atoms with E-state index in [2.05, 4.69) is 47.4 Å². The second-order valence-electron chi connectivity index (χ2n) is 3.94. The average molecular weight is 234 g/mol. The molecule has 2 rings (SSSR count). The zero-order chi connectivity index (χ0) is 11.4. The summed E-state index contributed by atoms with van der Waals surface area (Å²) in [5, 5.41) is 3.16. The van der Waals surface area contributed by atoms with E-state index in [0.29, 0.717) is 0 Å². The molecule has 3 heteroatoms. The van der Waals surface area contributed by atoms with Gasteiger partial charge in [0.05, 0.1) is 6.54 Å². The molecule has 0 aliphatic heterocycles. The van der Waals surface area contributed by atoms with Gasteiger partial charge in [0.1, 0.15) is 0 Å². The van der Waals surface area contributed by atoms with Gasteiger partial charge >= 0.3 is 0 Å². The van der Waals surface area contributed by atoms with Gasteiger partial charge in [-0.2, -0.15) is 0 Å². The predicted molar refractivity (Wildman–Crippen MR) is 70.0 cm³/mol. The van der Waals surface area contributed by atoms with Crippen molar-refractivity contribution in [1.29, 1.82) is 0 Å². The van der Waals surface area contributed by atoms with Crippen LogP contribution >= 0.6 is 11.3 Å². The fraction of sp³-hybridized carbons (Fsp3) is 0.385. The highest BCUT2D eigenvalue weighted by Crippen LogP contribution is 2.18. The van der Waals surface area contributed by atoms with E-state index in [1.54, 1.807) is 0 Å². The molecule has 0 saturated carbocycles. The summed E-state index contributed by atoms with van der Waals surface area (Å²) in [5.74, 6) is 0. The van der Waals surface area contributed by atoms with Crippen LogP contribution in [-0.2, 0) is 19.5 Å². The Labute approximate surface area is 101 Å². The number of nitrogens with one attached hydrogen (secondary N) is 1. The smallest absolute Gasteiger partial charge is 0.0563 e. The zero-order valence-electron chi connectivity index (χ0n) is 9.86. The van der Waals surface area contributed by atoms with Gasteiger partial charge in [-0.25, -0.2) is 0 Å². The summed E-state index contributed by atoms with van der Waals surface area (Å²) in [5.41, 5.74) is 1.34. The SMILES string of the molecule is CCc1ccc(Cn2ccc(CNC)c2)s1. The molecule has 16 heavy (non-hydrogen) atoms. The number of aromatic nitrogens is 1. The van der Waals surface area contributed by atoms with Crippen molar-refractivity contribution in [1.82, 2.24) is 9.88 Å². The van der Waals surface area contributed by atoms with Crippen LogP contribution in [0, 0.1) is 0 Å². The number of hydrogen-bond donors (Lipinski definition) is 1. The summed E-state index contributed by atoms with van der Waals surface area (Å²) in [6.07, 6.45) is 5.50. The van der Waals surface area contributed by atoms with Crippen molar-refractivity contribution in [3.8, 4) is 0 Å². The first-order valence-electron chi connectivity index (χ1n) is 5.68. The molecule has 0 aliphatic rings. The lowest BCUT2D eigenvalue weighted by molar-refractivity contribution is 0.789. The Kier molecular flexibility index (Phi) is 3.80. The van der Waals surface area contributed by atoms with Crippen LogP contribution in [0.25, 0.3) is 0 Å². The lowest BCUT2D eigenvalue weighted by atomic mass is 10.3. The number of hydrogen-bond acceptors (Lipinski definition) is 2. The zero-order valence-corrected chi connectivity index (χ0v) is 10.7. The van der Waals surface area contributed by atoms with E-state index in [1.807, 2.05) is 18.4 Å². The van der Waals surface area contributed by atoms with Crippen LogP contribution in [0.5, 0.6) is 0 Å². The monoisotopic (exact) mass is 234 g/mol. The molecule has 2 aromatic heterocycles. The maximum Gasteiger partial charge on any atom is 0.0563 e. The summed E-state index contributed by atoms with van der Waals surface area (Å²) < 4.78 is 2.25. The quantitative estimate of drug-likeness (QED) is 0.841. The van der Waals surface area contributed by atoms with E-state index >= 15 is 0 Å². The van der Waals surface area contributed by atoms with Gasteiger partial charge < -0.3 is 9.88 Å². The molecule has 0 unspecified atom stereocenters. The van der Waals surface area contributed by atoms with Gasteiger partial charge in [-0.3, -0.25) is 0 Å². The van der Waals surface area contributed by atoms with Crippen LogP contribution in [0.2, 0.25) is 0 Å². The number of aryl methyl sites for hydroxylation is 1. The summed E-state index contributed by atoms with van der Waals surface area (Å²) in [4.78, 5) is 2.90. The number of rotatable bonds is 5. The van der Waals surface area contributed by atoms with Crippen LogP contribution in [0.3, 0.4) is 0 Å². The van der Waals surface area contributed by atoms with Gasteiger partial charge in [-0.1, -0.05) is 6.92 Å². The molecule has 1 N–H and O–H groups in total. The Morgan fingerprint density at radius 3 is 2.75 bits per heavy atom. The highest BCUT2D eigenvalue weighted by Gasteiger charge is 2.00. The van der Waals surface area contributed by atoms with Gasteiger partial charge in [0, 0.05) is 28.7 Å². The maximum atomic E-state index is 3.16. The molecule has 2 nitrogen and oxygen atoms in total. The molecule has 0 atom stereocenters. The van der Waals surface area contributed by atoms with Crippen LogP contribution < -0.4 is 5.32 Å². The molecule has 0 radical (unpaired) electrons. The largest absolute Gasteiger partial charge is 0.349 e. The van der Waals surface area contributed by atoms with E-state index in [0.717, 1.165) is 19.5 Å². The van der Waals surface area contributed by atoms with Crippen molar-refractivity contribution >= 4 is 11.3 Å². The fourth-order valence-electron chi connectivity index (χ4n) is 1.77. The Morgan fingerprint density at radius 1 is 1.25 bits per heavy atom. The second-order valence-corrected chi connectivity index (χ2v) is 5.20. The van der Waals surface area contributed by atoms with Gasteiger partial charge in [-0.05, 0) is 37.2 Å². The number of nitrogens with zero attached hydrogens (tertiary/aromatic N) is 1. The predicted octanol–water partition coefficient (Wildman–Crippen LogP) is 2.88. The molecule has 0 aromatic carbocycles. The normalized spacial score (nSPS) is 10.9. The first-order valence-corrected chi connectivity index (χ1v) is 6.50. The molecular formula is C13H18N2S. The van der Waals surface area contributed by atoms with Crippen LogP contribution in [0.4, 0.5) is 0 Å². The second kappa shape index (κ2) is 5.32. The highest BCUT2D eigenvalue weighted by atomic mass is 32.1. The Bertz CT molecular complexity index is 442. The summed E-state index contributed by atoms with van der Waals surface area (Å²) in [6, 6.07) is 6.64. The molecule has 0 amide bonds. The van der Waals surface area contributed by atoms with Gasteiger partial charge in [0.2, 0.25) is 0 Å². The van der Waals surface area contributed by atoms with Crippen molar-refractivity contribution < 1.29 is 0 Å². The van der Waals surface area contributed by atoms with E-state index in [1.165, 1.54) is 15.3 Å². The number of thiophene rings is 1. The molecule has 2 aromatic rings. The van der Waals surface area contributed by atoms with E-state index in [4.69, 9.17) is 0 Å². The molecule has 0 bridgehead atoms. The Hall–Kier alpha value is -1.06. The summed E-state index contributed by atoms with van der Waals surface area (Å²) in [7, 11) is 1.98. The van der Waals surface area contributed by atoms with E-state index in [-0.39, 0.29) is 0 Å². The van der Waals surface area contributed by atoms with Crippen LogP contribution in [-0.4, -0.2) is 11.6 Å². The van der Waals surface area contributed by atoms with Crippen molar-refractivity contribution in [2.24, 2.45) is 0 Å². The first-order chi connectivity index (χ1) is 7.81. The Morgan fingerprint density at radius 2 is 2.06 bits per heavy atom. The molecule has 0 aliphatic carbocycles. The van der Waals surface area contributed by atoms with Crippen molar-refractivity contribution in [2.45, 2.75) is 26.4 Å². The highest BCUT2D eigenvalue weighted by molar-refractivity contribution is 7.11. The molecule has 0 saturated heterocycles. The van der Waals surface area contributed by atoms with Crippen LogP contribution in [0.1, 0.15) is 22.2 Å². The topological polar surface area (TPSA) is 17.0 Å². The van der Waals surface area contributed by atoms with Gasteiger partial charge in [0.25, 0.3) is 0 Å². The van der Waals surface area contributed by atoms with Gasteiger partial charge in [-0.15, -0.1) is 11.3 Å². The van der Waals surface area contributed by atoms with Crippen LogP contribution in [0.15, 0.2) is 30.6 Å². The molecule has 2 heterocycles. The summed E-state index contributed by atoms with van der Waals surface area (Å²) >= 11 is 1.91. The van der Waals surface area contributed by atoms with Crippen molar-refractivity contribution in [3.63, 3.8) is 0 Å². The molecule has 0 spiro atoms. The summed E-state index contributed by atoms with van der Waals surface area (Å²) in [6.45, 7) is 4.14. The lowest BCUT2D eigenvalue weighted by Gasteiger charge is -1.99. The fourth-order valence-corrected chi connectivity index (χ4v) is 2.74. The Balaban J connectivity index is 2.02. The lowest BCUT2D eigenvalue weighted by Crippen LogP contribution is -2.04. The molecular weight excluding hydrogens is 216 g/mol. The van der Waals surface area contributed by atoms with Crippen molar-refractivity contribution in [2.75, 3.05) is 7.05 Å².